The Bertz CT molecular complexity index is 174. The van der Waals surface area contributed by atoms with Gasteiger partial charge in [0.2, 0.25) is 0 Å². The van der Waals surface area contributed by atoms with Gasteiger partial charge in [-0.05, 0) is 38.1 Å². The van der Waals surface area contributed by atoms with E-state index in [0.717, 1.165) is 12.6 Å². The molecule has 1 aliphatic rings. The fourth-order valence-corrected chi connectivity index (χ4v) is 2.22. The van der Waals surface area contributed by atoms with E-state index in [1.807, 2.05) is 0 Å². The fraction of sp³-hybridized carbons (Fsp3) is 1.00. The number of hydrogen-bond acceptors (Lipinski definition) is 1. The van der Waals surface area contributed by atoms with Crippen LogP contribution in [0, 0.1) is 5.41 Å². The third-order valence-electron chi connectivity index (χ3n) is 3.10. The Morgan fingerprint density at radius 2 is 1.93 bits per heavy atom. The highest BCUT2D eigenvalue weighted by atomic mass is 35.5. The summed E-state index contributed by atoms with van der Waals surface area (Å²) in [7, 11) is 0. The van der Waals surface area contributed by atoms with Crippen LogP contribution >= 0.6 is 11.6 Å². The molecule has 84 valence electrons. The maximum absolute atomic E-state index is 6.19. The molecular formula is C12H24ClN. The fourth-order valence-electron chi connectivity index (χ4n) is 1.92. The van der Waals surface area contributed by atoms with E-state index in [2.05, 4.69) is 32.6 Å². The van der Waals surface area contributed by atoms with Crippen molar-refractivity contribution < 1.29 is 0 Å². The minimum atomic E-state index is 0.381. The SMILES string of the molecule is CC1CCC(Cl)CN1CCC(C)(C)C. The van der Waals surface area contributed by atoms with Gasteiger partial charge in [-0.3, -0.25) is 4.90 Å². The van der Waals surface area contributed by atoms with Crippen molar-refractivity contribution in [1.29, 1.82) is 0 Å². The Labute approximate surface area is 93.8 Å². The van der Waals surface area contributed by atoms with Crippen LogP contribution in [0.2, 0.25) is 0 Å². The first-order valence-electron chi connectivity index (χ1n) is 5.76. The van der Waals surface area contributed by atoms with Gasteiger partial charge in [0.15, 0.2) is 0 Å². The topological polar surface area (TPSA) is 3.24 Å². The average Bonchev–Trinajstić information content (AvgIpc) is 2.05. The molecule has 0 aliphatic carbocycles. The molecule has 0 spiro atoms. The maximum atomic E-state index is 6.19. The summed E-state index contributed by atoms with van der Waals surface area (Å²) in [6.45, 7) is 11.5. The lowest BCUT2D eigenvalue weighted by Crippen LogP contribution is -2.43. The molecule has 1 fully saturated rings. The molecule has 2 unspecified atom stereocenters. The first-order valence-corrected chi connectivity index (χ1v) is 6.20. The molecule has 0 amide bonds. The summed E-state index contributed by atoms with van der Waals surface area (Å²) in [5.41, 5.74) is 0.443. The van der Waals surface area contributed by atoms with E-state index in [1.165, 1.54) is 25.8 Å². The summed E-state index contributed by atoms with van der Waals surface area (Å²) >= 11 is 6.19. The quantitative estimate of drug-likeness (QED) is 0.640. The van der Waals surface area contributed by atoms with E-state index in [0.29, 0.717) is 10.8 Å². The lowest BCUT2D eigenvalue weighted by atomic mass is 9.91. The van der Waals surface area contributed by atoms with Gasteiger partial charge in [-0.1, -0.05) is 20.8 Å². The first-order chi connectivity index (χ1) is 6.38. The molecule has 0 aromatic rings. The van der Waals surface area contributed by atoms with Gasteiger partial charge in [-0.15, -0.1) is 11.6 Å². The summed E-state index contributed by atoms with van der Waals surface area (Å²) < 4.78 is 0. The molecule has 0 N–H and O–H groups in total. The standard InChI is InChI=1S/C12H24ClN/c1-10-5-6-11(13)9-14(10)8-7-12(2,3)4/h10-11H,5-9H2,1-4H3. The number of alkyl halides is 1. The van der Waals surface area contributed by atoms with Gasteiger partial charge < -0.3 is 0 Å². The molecule has 1 aliphatic heterocycles. The van der Waals surface area contributed by atoms with Crippen molar-refractivity contribution in [2.75, 3.05) is 13.1 Å². The van der Waals surface area contributed by atoms with E-state index in [9.17, 15) is 0 Å². The summed E-state index contributed by atoms with van der Waals surface area (Å²) in [6, 6.07) is 0.729. The van der Waals surface area contributed by atoms with Crippen LogP contribution in [0.5, 0.6) is 0 Å². The summed E-state index contributed by atoms with van der Waals surface area (Å²) in [5, 5.41) is 0.381. The normalized spacial score (nSPS) is 30.6. The van der Waals surface area contributed by atoms with Crippen LogP contribution in [0.3, 0.4) is 0 Å². The number of hydrogen-bond donors (Lipinski definition) is 0. The van der Waals surface area contributed by atoms with Crippen molar-refractivity contribution in [2.24, 2.45) is 5.41 Å². The lowest BCUT2D eigenvalue weighted by Gasteiger charge is -2.37. The molecule has 0 aromatic heterocycles. The zero-order valence-electron chi connectivity index (χ0n) is 10.0. The highest BCUT2D eigenvalue weighted by molar-refractivity contribution is 6.20. The minimum Gasteiger partial charge on any atom is -0.299 e. The molecule has 1 heterocycles. The van der Waals surface area contributed by atoms with E-state index in [-0.39, 0.29) is 0 Å². The van der Waals surface area contributed by atoms with Crippen LogP contribution in [0.4, 0.5) is 0 Å². The van der Waals surface area contributed by atoms with Gasteiger partial charge in [0, 0.05) is 18.0 Å². The Balaban J connectivity index is 2.35. The van der Waals surface area contributed by atoms with E-state index < -0.39 is 0 Å². The second-order valence-corrected chi connectivity index (χ2v) is 6.45. The van der Waals surface area contributed by atoms with E-state index >= 15 is 0 Å². The molecule has 1 nitrogen and oxygen atoms in total. The summed E-state index contributed by atoms with van der Waals surface area (Å²) in [5.74, 6) is 0. The Kier molecular flexibility index (Phi) is 4.27. The van der Waals surface area contributed by atoms with Crippen molar-refractivity contribution in [3.63, 3.8) is 0 Å². The lowest BCUT2D eigenvalue weighted by molar-refractivity contribution is 0.143. The van der Waals surface area contributed by atoms with Gasteiger partial charge >= 0.3 is 0 Å². The molecule has 0 bridgehead atoms. The van der Waals surface area contributed by atoms with E-state index in [4.69, 9.17) is 11.6 Å². The second kappa shape index (κ2) is 4.85. The molecular weight excluding hydrogens is 194 g/mol. The van der Waals surface area contributed by atoms with Gasteiger partial charge in [-0.2, -0.15) is 0 Å². The number of nitrogens with zero attached hydrogens (tertiary/aromatic N) is 1. The van der Waals surface area contributed by atoms with Crippen LogP contribution in [-0.4, -0.2) is 29.4 Å². The van der Waals surface area contributed by atoms with Crippen LogP contribution in [-0.2, 0) is 0 Å². The summed E-state index contributed by atoms with van der Waals surface area (Å²) in [4.78, 5) is 2.55. The minimum absolute atomic E-state index is 0.381. The monoisotopic (exact) mass is 217 g/mol. The van der Waals surface area contributed by atoms with Crippen LogP contribution in [0.1, 0.15) is 47.0 Å². The first kappa shape index (κ1) is 12.3. The van der Waals surface area contributed by atoms with Crippen LogP contribution in [0.25, 0.3) is 0 Å². The summed E-state index contributed by atoms with van der Waals surface area (Å²) in [6.07, 6.45) is 3.72. The number of halogens is 1. The molecule has 0 saturated carbocycles. The van der Waals surface area contributed by atoms with Crippen molar-refractivity contribution in [2.45, 2.75) is 58.4 Å². The Morgan fingerprint density at radius 1 is 1.29 bits per heavy atom. The molecule has 0 aromatic carbocycles. The van der Waals surface area contributed by atoms with Gasteiger partial charge in [0.1, 0.15) is 0 Å². The van der Waals surface area contributed by atoms with Crippen molar-refractivity contribution in [3.8, 4) is 0 Å². The van der Waals surface area contributed by atoms with Crippen LogP contribution in [0.15, 0.2) is 0 Å². The molecule has 14 heavy (non-hydrogen) atoms. The molecule has 2 atom stereocenters. The zero-order valence-corrected chi connectivity index (χ0v) is 10.8. The van der Waals surface area contributed by atoms with Gasteiger partial charge in [-0.25, -0.2) is 0 Å². The molecule has 2 heteroatoms. The van der Waals surface area contributed by atoms with Gasteiger partial charge in [0.25, 0.3) is 0 Å². The third-order valence-corrected chi connectivity index (χ3v) is 3.46. The number of likely N-dealkylation sites (tertiary alicyclic amines) is 1. The smallest absolute Gasteiger partial charge is 0.0463 e. The van der Waals surface area contributed by atoms with E-state index in [1.54, 1.807) is 0 Å². The predicted octanol–water partition coefficient (Wildman–Crippen LogP) is 3.51. The molecule has 1 rings (SSSR count). The maximum Gasteiger partial charge on any atom is 0.0463 e. The Morgan fingerprint density at radius 3 is 2.50 bits per heavy atom. The molecule has 1 saturated heterocycles. The van der Waals surface area contributed by atoms with Crippen LogP contribution < -0.4 is 0 Å². The zero-order chi connectivity index (χ0) is 10.8. The second-order valence-electron chi connectivity index (χ2n) is 5.83. The third kappa shape index (κ3) is 4.18. The van der Waals surface area contributed by atoms with Crippen molar-refractivity contribution in [1.82, 2.24) is 4.90 Å². The highest BCUT2D eigenvalue weighted by Gasteiger charge is 2.24. The van der Waals surface area contributed by atoms with Gasteiger partial charge in [0.05, 0.1) is 0 Å². The molecule has 0 radical (unpaired) electrons. The number of rotatable bonds is 2. The number of piperidine rings is 1. The Hall–Kier alpha value is 0.250. The largest absolute Gasteiger partial charge is 0.299 e. The highest BCUT2D eigenvalue weighted by Crippen LogP contribution is 2.24. The van der Waals surface area contributed by atoms with Crippen molar-refractivity contribution >= 4 is 11.6 Å². The average molecular weight is 218 g/mol. The van der Waals surface area contributed by atoms with Crippen molar-refractivity contribution in [3.05, 3.63) is 0 Å². The predicted molar refractivity (Wildman–Crippen MR) is 64.0 cm³/mol.